The molecule has 0 spiro atoms. The monoisotopic (exact) mass is 413 g/mol. The van der Waals surface area contributed by atoms with Crippen molar-refractivity contribution >= 4 is 21.7 Å². The lowest BCUT2D eigenvalue weighted by atomic mass is 10.1. The molecule has 0 aliphatic heterocycles. The van der Waals surface area contributed by atoms with Crippen molar-refractivity contribution in [2.24, 2.45) is 0 Å². The van der Waals surface area contributed by atoms with Gasteiger partial charge in [0.05, 0.1) is 5.56 Å². The summed E-state index contributed by atoms with van der Waals surface area (Å²) < 4.78 is 67.6. The van der Waals surface area contributed by atoms with Gasteiger partial charge in [0.2, 0.25) is 5.82 Å². The van der Waals surface area contributed by atoms with E-state index in [0.29, 0.717) is 17.5 Å². The molecule has 2 aromatic heterocycles. The van der Waals surface area contributed by atoms with E-state index in [-0.39, 0.29) is 11.3 Å². The minimum absolute atomic E-state index is 0.0620. The van der Waals surface area contributed by atoms with Crippen LogP contribution in [0, 0.1) is 20.8 Å². The predicted molar refractivity (Wildman–Crippen MR) is 91.1 cm³/mol. The summed E-state index contributed by atoms with van der Waals surface area (Å²) in [5.74, 6) is -1.74. The normalized spacial score (nSPS) is 12.4. The van der Waals surface area contributed by atoms with Gasteiger partial charge in [-0.2, -0.15) is 18.2 Å². The molecular weight excluding hydrogens is 399 g/mol. The predicted octanol–water partition coefficient (Wildman–Crippen LogP) is 2.19. The quantitative estimate of drug-likeness (QED) is 0.706. The van der Waals surface area contributed by atoms with Crippen LogP contribution in [0.4, 0.5) is 13.2 Å². The number of halogens is 3. The first-order valence-corrected chi connectivity index (χ1v) is 9.33. The van der Waals surface area contributed by atoms with Crippen molar-refractivity contribution in [3.05, 3.63) is 52.6 Å². The number of hydrogen-bond acceptors (Lipinski definition) is 6. The van der Waals surface area contributed by atoms with E-state index in [2.05, 4.69) is 15.1 Å². The number of hydrogen-bond donors (Lipinski definition) is 1. The minimum atomic E-state index is -4.92. The molecule has 0 bridgehead atoms. The van der Waals surface area contributed by atoms with E-state index in [1.165, 1.54) is 17.5 Å². The fourth-order valence-electron chi connectivity index (χ4n) is 2.71. The number of nitrogens with zero attached hydrogens (tertiary/aromatic N) is 4. The molecule has 0 aliphatic rings. The molecule has 0 aliphatic carbocycles. The van der Waals surface area contributed by atoms with Gasteiger partial charge in [-0.05, 0) is 38.5 Å². The summed E-state index contributed by atoms with van der Waals surface area (Å²) >= 11 is 0. The molecule has 3 rings (SSSR count). The van der Waals surface area contributed by atoms with Gasteiger partial charge in [0.1, 0.15) is 4.90 Å². The number of fused-ring (bicyclic) bond motifs is 1. The molecule has 148 valence electrons. The Labute approximate surface area is 157 Å². The fraction of sp³-hybridized carbons (Fsp3) is 0.250. The van der Waals surface area contributed by atoms with Gasteiger partial charge < -0.3 is 0 Å². The van der Waals surface area contributed by atoms with Crippen LogP contribution in [0.25, 0.3) is 5.78 Å². The molecule has 28 heavy (non-hydrogen) atoms. The first kappa shape index (κ1) is 19.7. The van der Waals surface area contributed by atoms with Crippen LogP contribution in [0.3, 0.4) is 0 Å². The molecule has 12 heteroatoms. The van der Waals surface area contributed by atoms with Crippen molar-refractivity contribution in [3.63, 3.8) is 0 Å². The van der Waals surface area contributed by atoms with Crippen molar-refractivity contribution in [3.8, 4) is 0 Å². The van der Waals surface area contributed by atoms with Crippen molar-refractivity contribution in [2.75, 3.05) is 0 Å². The number of aromatic nitrogens is 4. The maximum absolute atomic E-state index is 13.2. The van der Waals surface area contributed by atoms with Crippen LogP contribution in [0.15, 0.2) is 29.2 Å². The van der Waals surface area contributed by atoms with E-state index in [4.69, 9.17) is 0 Å². The number of aryl methyl sites for hydroxylation is 3. The lowest BCUT2D eigenvalue weighted by Crippen LogP contribution is -2.33. The van der Waals surface area contributed by atoms with Gasteiger partial charge in [-0.3, -0.25) is 4.79 Å². The smallest absolute Gasteiger partial charge is 0.264 e. The molecule has 8 nitrogen and oxygen atoms in total. The van der Waals surface area contributed by atoms with Crippen LogP contribution in [0.1, 0.15) is 33.1 Å². The summed E-state index contributed by atoms with van der Waals surface area (Å²) in [5.41, 5.74) is -0.336. The average Bonchev–Trinajstić information content (AvgIpc) is 2.97. The number of rotatable bonds is 3. The Kier molecular flexibility index (Phi) is 4.61. The molecule has 1 N–H and O–H groups in total. The Hall–Kier alpha value is -3.02. The van der Waals surface area contributed by atoms with Crippen molar-refractivity contribution in [2.45, 2.75) is 31.8 Å². The van der Waals surface area contributed by atoms with Gasteiger partial charge in [-0.25, -0.2) is 22.6 Å². The lowest BCUT2D eigenvalue weighted by molar-refractivity contribution is -0.140. The molecule has 0 atom stereocenters. The van der Waals surface area contributed by atoms with E-state index in [1.54, 1.807) is 24.6 Å². The van der Waals surface area contributed by atoms with Crippen LogP contribution < -0.4 is 4.72 Å². The molecule has 0 saturated carbocycles. The minimum Gasteiger partial charge on any atom is -0.264 e. The zero-order valence-corrected chi connectivity index (χ0v) is 15.7. The van der Waals surface area contributed by atoms with E-state index >= 15 is 0 Å². The fourth-order valence-corrected chi connectivity index (χ4v) is 4.12. The number of nitrogens with one attached hydrogen (secondary N) is 1. The average molecular weight is 413 g/mol. The van der Waals surface area contributed by atoms with E-state index in [9.17, 15) is 26.4 Å². The van der Waals surface area contributed by atoms with Gasteiger partial charge in [-0.1, -0.05) is 12.1 Å². The highest BCUT2D eigenvalue weighted by molar-refractivity contribution is 7.90. The highest BCUT2D eigenvalue weighted by atomic mass is 32.2. The van der Waals surface area contributed by atoms with Crippen molar-refractivity contribution < 1.29 is 26.4 Å². The third-order valence-corrected chi connectivity index (χ3v) is 5.37. The lowest BCUT2D eigenvalue weighted by Gasteiger charge is -2.15. The Morgan fingerprint density at radius 1 is 1.14 bits per heavy atom. The van der Waals surface area contributed by atoms with Gasteiger partial charge in [0, 0.05) is 11.4 Å². The Morgan fingerprint density at radius 2 is 1.82 bits per heavy atom. The van der Waals surface area contributed by atoms with E-state index < -0.39 is 38.4 Å². The summed E-state index contributed by atoms with van der Waals surface area (Å²) in [6, 6.07) is 4.58. The first-order chi connectivity index (χ1) is 12.9. The zero-order valence-electron chi connectivity index (χ0n) is 14.9. The number of carbonyl (C=O) groups excluding carboxylic acids is 1. The third kappa shape index (κ3) is 3.54. The second-order valence-electron chi connectivity index (χ2n) is 6.07. The van der Waals surface area contributed by atoms with Crippen LogP contribution in [0.2, 0.25) is 0 Å². The summed E-state index contributed by atoms with van der Waals surface area (Å²) in [6.07, 6.45) is -4.92. The van der Waals surface area contributed by atoms with Crippen LogP contribution in [-0.4, -0.2) is 33.9 Å². The van der Waals surface area contributed by atoms with Crippen LogP contribution >= 0.6 is 0 Å². The summed E-state index contributed by atoms with van der Waals surface area (Å²) in [7, 11) is -4.84. The number of sulfonamides is 1. The Bertz CT molecular complexity index is 1200. The third-order valence-electron chi connectivity index (χ3n) is 3.83. The summed E-state index contributed by atoms with van der Waals surface area (Å²) in [4.78, 5) is 19.2. The standard InChI is InChI=1S/C16H14F3N5O3S/c1-8-5-4-6-11(16(17,18)19)12(8)28(26,27)23-14(25)13-21-15-20-9(2)7-10(3)24(15)22-13/h4-7H,1-3H3,(H,23,25). The highest BCUT2D eigenvalue weighted by Gasteiger charge is 2.38. The number of benzene rings is 1. The van der Waals surface area contributed by atoms with Crippen LogP contribution in [-0.2, 0) is 16.2 Å². The van der Waals surface area contributed by atoms with Gasteiger partial charge >= 0.3 is 12.1 Å². The van der Waals surface area contributed by atoms with Crippen molar-refractivity contribution in [1.82, 2.24) is 24.3 Å². The maximum Gasteiger partial charge on any atom is 0.417 e. The molecule has 2 heterocycles. The molecule has 0 unspecified atom stereocenters. The summed E-state index contributed by atoms with van der Waals surface area (Å²) in [6.45, 7) is 4.58. The molecule has 0 saturated heterocycles. The molecule has 3 aromatic rings. The van der Waals surface area contributed by atoms with E-state index in [1.807, 2.05) is 0 Å². The number of carbonyl (C=O) groups is 1. The molecule has 1 amide bonds. The molecule has 0 radical (unpaired) electrons. The first-order valence-electron chi connectivity index (χ1n) is 7.85. The molecule has 0 fully saturated rings. The van der Waals surface area contributed by atoms with Gasteiger partial charge in [0.15, 0.2) is 0 Å². The second kappa shape index (κ2) is 6.55. The molecule has 1 aromatic carbocycles. The van der Waals surface area contributed by atoms with E-state index in [0.717, 1.165) is 6.07 Å². The SMILES string of the molecule is Cc1cc(C)n2nc(C(=O)NS(=O)(=O)c3c(C)cccc3C(F)(F)F)nc2n1. The highest BCUT2D eigenvalue weighted by Crippen LogP contribution is 2.35. The molecular formula is C16H14F3N5O3S. The zero-order chi connectivity index (χ0) is 20.9. The summed E-state index contributed by atoms with van der Waals surface area (Å²) in [5, 5.41) is 3.87. The van der Waals surface area contributed by atoms with Gasteiger partial charge in [0.25, 0.3) is 15.8 Å². The Balaban J connectivity index is 2.02. The van der Waals surface area contributed by atoms with Crippen molar-refractivity contribution in [1.29, 1.82) is 0 Å². The maximum atomic E-state index is 13.2. The topological polar surface area (TPSA) is 106 Å². The van der Waals surface area contributed by atoms with Crippen LogP contribution in [0.5, 0.6) is 0 Å². The number of amides is 1. The number of alkyl halides is 3. The van der Waals surface area contributed by atoms with Gasteiger partial charge in [-0.15, -0.1) is 5.10 Å². The largest absolute Gasteiger partial charge is 0.417 e. The second-order valence-corrected chi connectivity index (χ2v) is 7.69. The Morgan fingerprint density at radius 3 is 2.46 bits per heavy atom.